The summed E-state index contributed by atoms with van der Waals surface area (Å²) in [6.45, 7) is 0. The standard InChI is InChI=1S/C6H11BF2O2/c8-6(9)3-1-5(2-4-6)7(10)11/h5,10-11H,1-4H2. The van der Waals surface area contributed by atoms with Gasteiger partial charge < -0.3 is 10.0 Å². The van der Waals surface area contributed by atoms with Crippen molar-refractivity contribution in [2.24, 2.45) is 0 Å². The Bertz CT molecular complexity index is 131. The maximum absolute atomic E-state index is 12.5. The summed E-state index contributed by atoms with van der Waals surface area (Å²) in [4.78, 5) is 0. The van der Waals surface area contributed by atoms with Crippen molar-refractivity contribution in [1.29, 1.82) is 0 Å². The van der Waals surface area contributed by atoms with E-state index in [2.05, 4.69) is 0 Å². The van der Waals surface area contributed by atoms with Gasteiger partial charge in [-0.15, -0.1) is 0 Å². The molecule has 2 N–H and O–H groups in total. The molecule has 1 rings (SSSR count). The minimum absolute atomic E-state index is 0.213. The van der Waals surface area contributed by atoms with E-state index >= 15 is 0 Å². The molecule has 0 amide bonds. The van der Waals surface area contributed by atoms with Gasteiger partial charge >= 0.3 is 7.12 Å². The van der Waals surface area contributed by atoms with Crippen molar-refractivity contribution in [3.8, 4) is 0 Å². The molecular formula is C6H11BF2O2. The number of hydrogen-bond acceptors (Lipinski definition) is 2. The van der Waals surface area contributed by atoms with Gasteiger partial charge in [0.15, 0.2) is 0 Å². The highest BCUT2D eigenvalue weighted by Crippen LogP contribution is 2.39. The Kier molecular flexibility index (Phi) is 2.49. The van der Waals surface area contributed by atoms with Crippen LogP contribution in [0.2, 0.25) is 5.82 Å². The van der Waals surface area contributed by atoms with E-state index < -0.39 is 13.0 Å². The second kappa shape index (κ2) is 3.07. The van der Waals surface area contributed by atoms with Gasteiger partial charge in [0.25, 0.3) is 0 Å². The van der Waals surface area contributed by atoms with Gasteiger partial charge in [0, 0.05) is 12.8 Å². The highest BCUT2D eigenvalue weighted by molar-refractivity contribution is 6.43. The van der Waals surface area contributed by atoms with E-state index in [4.69, 9.17) is 10.0 Å². The van der Waals surface area contributed by atoms with Crippen LogP contribution in [0.3, 0.4) is 0 Å². The third kappa shape index (κ3) is 2.41. The monoisotopic (exact) mass is 164 g/mol. The zero-order valence-electron chi connectivity index (χ0n) is 6.13. The number of hydrogen-bond donors (Lipinski definition) is 2. The van der Waals surface area contributed by atoms with Crippen molar-refractivity contribution < 1.29 is 18.8 Å². The molecule has 0 bridgehead atoms. The van der Waals surface area contributed by atoms with Crippen LogP contribution in [-0.4, -0.2) is 23.1 Å². The molecule has 0 radical (unpaired) electrons. The third-order valence-electron chi connectivity index (χ3n) is 2.18. The minimum atomic E-state index is -2.58. The SMILES string of the molecule is OB(O)C1CCC(F)(F)CC1. The minimum Gasteiger partial charge on any atom is -0.427 e. The molecule has 0 unspecified atom stereocenters. The first-order valence-corrected chi connectivity index (χ1v) is 3.75. The quantitative estimate of drug-likeness (QED) is 0.568. The Morgan fingerprint density at radius 2 is 1.64 bits per heavy atom. The maximum atomic E-state index is 12.5. The Labute approximate surface area is 64.4 Å². The van der Waals surface area contributed by atoms with Crippen LogP contribution in [0.15, 0.2) is 0 Å². The molecule has 0 spiro atoms. The molecule has 1 fully saturated rings. The zero-order chi connectivity index (χ0) is 8.48. The van der Waals surface area contributed by atoms with E-state index in [9.17, 15) is 8.78 Å². The lowest BCUT2D eigenvalue weighted by Gasteiger charge is -2.27. The van der Waals surface area contributed by atoms with Crippen molar-refractivity contribution in [2.45, 2.75) is 37.4 Å². The molecule has 1 aliphatic rings. The molecule has 0 aliphatic heterocycles. The summed E-state index contributed by atoms with van der Waals surface area (Å²) in [6.07, 6.45) is -0.0000926. The third-order valence-corrected chi connectivity index (χ3v) is 2.18. The van der Waals surface area contributed by atoms with E-state index in [0.29, 0.717) is 0 Å². The lowest BCUT2D eigenvalue weighted by atomic mass is 9.64. The van der Waals surface area contributed by atoms with Crippen molar-refractivity contribution in [3.63, 3.8) is 0 Å². The van der Waals surface area contributed by atoms with Crippen LogP contribution < -0.4 is 0 Å². The lowest BCUT2D eigenvalue weighted by molar-refractivity contribution is -0.0353. The molecule has 0 aromatic rings. The van der Waals surface area contributed by atoms with Crippen molar-refractivity contribution in [2.75, 3.05) is 0 Å². The molecule has 1 saturated carbocycles. The maximum Gasteiger partial charge on any atom is 0.454 e. The van der Waals surface area contributed by atoms with Crippen LogP contribution in [0.4, 0.5) is 8.78 Å². The Balaban J connectivity index is 2.36. The predicted molar refractivity (Wildman–Crippen MR) is 37.4 cm³/mol. The molecule has 0 aromatic heterocycles. The summed E-state index contributed by atoms with van der Waals surface area (Å²) < 4.78 is 25.0. The number of rotatable bonds is 1. The average molecular weight is 164 g/mol. The van der Waals surface area contributed by atoms with Crippen LogP contribution in [0.25, 0.3) is 0 Å². The van der Waals surface area contributed by atoms with E-state index in [1.165, 1.54) is 0 Å². The summed E-state index contributed by atoms with van der Waals surface area (Å²) in [5, 5.41) is 17.3. The molecular weight excluding hydrogens is 153 g/mol. The van der Waals surface area contributed by atoms with Gasteiger partial charge in [0.05, 0.1) is 0 Å². The lowest BCUT2D eigenvalue weighted by Crippen LogP contribution is -2.30. The van der Waals surface area contributed by atoms with Crippen LogP contribution >= 0.6 is 0 Å². The van der Waals surface area contributed by atoms with E-state index in [1.807, 2.05) is 0 Å². The Morgan fingerprint density at radius 1 is 1.18 bits per heavy atom. The van der Waals surface area contributed by atoms with Crippen LogP contribution in [-0.2, 0) is 0 Å². The van der Waals surface area contributed by atoms with Crippen molar-refractivity contribution in [1.82, 2.24) is 0 Å². The average Bonchev–Trinajstić information content (AvgIpc) is 1.86. The summed E-state index contributed by atoms with van der Waals surface area (Å²) >= 11 is 0. The molecule has 0 aromatic carbocycles. The first kappa shape index (κ1) is 8.94. The molecule has 1 aliphatic carbocycles. The summed E-state index contributed by atoms with van der Waals surface area (Å²) in [7, 11) is -1.42. The molecule has 0 saturated heterocycles. The van der Waals surface area contributed by atoms with Gasteiger partial charge in [-0.05, 0) is 18.7 Å². The van der Waals surface area contributed by atoms with Crippen LogP contribution in [0.1, 0.15) is 25.7 Å². The smallest absolute Gasteiger partial charge is 0.427 e. The predicted octanol–water partition coefficient (Wildman–Crippen LogP) is 1.04. The Hall–Kier alpha value is -0.155. The molecule has 0 heterocycles. The number of halogens is 2. The van der Waals surface area contributed by atoms with Gasteiger partial charge in [0.1, 0.15) is 0 Å². The highest BCUT2D eigenvalue weighted by Gasteiger charge is 2.38. The van der Waals surface area contributed by atoms with E-state index in [1.54, 1.807) is 0 Å². The second-order valence-electron chi connectivity index (χ2n) is 3.11. The second-order valence-corrected chi connectivity index (χ2v) is 3.11. The first-order valence-electron chi connectivity index (χ1n) is 3.75. The fraction of sp³-hybridized carbons (Fsp3) is 1.00. The molecule has 0 atom stereocenters. The zero-order valence-corrected chi connectivity index (χ0v) is 6.13. The van der Waals surface area contributed by atoms with Crippen molar-refractivity contribution in [3.05, 3.63) is 0 Å². The van der Waals surface area contributed by atoms with Gasteiger partial charge in [0.2, 0.25) is 5.92 Å². The molecule has 2 nitrogen and oxygen atoms in total. The largest absolute Gasteiger partial charge is 0.454 e. The summed E-state index contributed by atoms with van der Waals surface area (Å²) in [5.41, 5.74) is 0. The van der Waals surface area contributed by atoms with Gasteiger partial charge in [-0.1, -0.05) is 0 Å². The normalized spacial score (nSPS) is 25.1. The summed E-state index contributed by atoms with van der Waals surface area (Å²) in [5.74, 6) is -2.93. The summed E-state index contributed by atoms with van der Waals surface area (Å²) in [6, 6.07) is 0. The topological polar surface area (TPSA) is 40.5 Å². The van der Waals surface area contributed by atoms with Gasteiger partial charge in [-0.25, -0.2) is 8.78 Å². The first-order chi connectivity index (χ1) is 5.01. The molecule has 11 heavy (non-hydrogen) atoms. The van der Waals surface area contributed by atoms with E-state index in [0.717, 1.165) is 0 Å². The van der Waals surface area contributed by atoms with Crippen LogP contribution in [0, 0.1) is 0 Å². The van der Waals surface area contributed by atoms with Gasteiger partial charge in [-0.2, -0.15) is 0 Å². The highest BCUT2D eigenvalue weighted by atomic mass is 19.3. The van der Waals surface area contributed by atoms with Crippen molar-refractivity contribution >= 4 is 7.12 Å². The van der Waals surface area contributed by atoms with Gasteiger partial charge in [-0.3, -0.25) is 0 Å². The molecule has 64 valence electrons. The van der Waals surface area contributed by atoms with Crippen LogP contribution in [0.5, 0.6) is 0 Å². The van der Waals surface area contributed by atoms with E-state index in [-0.39, 0.29) is 31.5 Å². The fourth-order valence-corrected chi connectivity index (χ4v) is 1.36. The fourth-order valence-electron chi connectivity index (χ4n) is 1.36. The number of alkyl halides is 2. The Morgan fingerprint density at radius 3 is 2.00 bits per heavy atom. The molecule has 5 heteroatoms.